The summed E-state index contributed by atoms with van der Waals surface area (Å²) in [5.41, 5.74) is 1.08. The Labute approximate surface area is 119 Å². The van der Waals surface area contributed by atoms with E-state index in [0.29, 0.717) is 18.5 Å². The Bertz CT molecular complexity index is 479. The summed E-state index contributed by atoms with van der Waals surface area (Å²) in [5.74, 6) is 0.491. The molecule has 4 heteroatoms. The lowest BCUT2D eigenvalue weighted by Gasteiger charge is -2.36. The van der Waals surface area contributed by atoms with E-state index < -0.39 is 0 Å². The Kier molecular flexibility index (Phi) is 4.01. The normalized spacial score (nSPS) is 25.6. The Balaban J connectivity index is 1.41. The van der Waals surface area contributed by atoms with E-state index >= 15 is 0 Å². The van der Waals surface area contributed by atoms with Crippen LogP contribution in [-0.2, 0) is 4.79 Å². The summed E-state index contributed by atoms with van der Waals surface area (Å²) >= 11 is 0. The third-order valence-corrected chi connectivity index (χ3v) is 4.46. The van der Waals surface area contributed by atoms with Crippen LogP contribution in [0.4, 0.5) is 4.39 Å². The predicted octanol–water partition coefficient (Wildman–Crippen LogP) is 2.28. The fourth-order valence-corrected chi connectivity index (χ4v) is 3.13. The maximum atomic E-state index is 13.1. The number of halogens is 1. The van der Waals surface area contributed by atoms with E-state index in [0.717, 1.165) is 44.3 Å². The first-order valence-corrected chi connectivity index (χ1v) is 7.49. The molecule has 0 atom stereocenters. The molecule has 3 nitrogen and oxygen atoms in total. The summed E-state index contributed by atoms with van der Waals surface area (Å²) in [6, 6.07) is 7.25. The number of nitrogens with one attached hydrogen (secondary N) is 1. The molecule has 0 spiro atoms. The molecule has 1 N–H and O–H groups in total. The monoisotopic (exact) mass is 276 g/mol. The second-order valence-corrected chi connectivity index (χ2v) is 5.89. The van der Waals surface area contributed by atoms with Crippen LogP contribution in [0.25, 0.3) is 0 Å². The van der Waals surface area contributed by atoms with Gasteiger partial charge in [-0.3, -0.25) is 4.79 Å². The molecule has 1 heterocycles. The van der Waals surface area contributed by atoms with Crippen LogP contribution in [0.5, 0.6) is 0 Å². The van der Waals surface area contributed by atoms with Crippen molar-refractivity contribution in [3.05, 3.63) is 35.6 Å². The first-order chi connectivity index (χ1) is 9.72. The lowest BCUT2D eigenvalue weighted by Crippen LogP contribution is -2.45. The zero-order valence-electron chi connectivity index (χ0n) is 11.6. The van der Waals surface area contributed by atoms with Crippen LogP contribution in [0, 0.1) is 5.82 Å². The topological polar surface area (TPSA) is 32.3 Å². The van der Waals surface area contributed by atoms with Gasteiger partial charge in [-0.1, -0.05) is 12.1 Å². The van der Waals surface area contributed by atoms with Crippen molar-refractivity contribution < 1.29 is 9.18 Å². The molecule has 3 rings (SSSR count). The van der Waals surface area contributed by atoms with Crippen LogP contribution in [0.15, 0.2) is 24.3 Å². The van der Waals surface area contributed by atoms with Gasteiger partial charge in [0.05, 0.1) is 6.54 Å². The van der Waals surface area contributed by atoms with Crippen LogP contribution >= 0.6 is 0 Å². The number of carbonyl (C=O) groups is 1. The van der Waals surface area contributed by atoms with Crippen molar-refractivity contribution in [1.82, 2.24) is 10.2 Å². The highest BCUT2D eigenvalue weighted by Gasteiger charge is 2.31. The summed E-state index contributed by atoms with van der Waals surface area (Å²) in [4.78, 5) is 13.8. The van der Waals surface area contributed by atoms with Crippen LogP contribution in [0.2, 0.25) is 0 Å². The zero-order chi connectivity index (χ0) is 13.9. The highest BCUT2D eigenvalue weighted by molar-refractivity contribution is 5.78. The van der Waals surface area contributed by atoms with Gasteiger partial charge in [0.2, 0.25) is 5.91 Å². The maximum Gasteiger partial charge on any atom is 0.236 e. The molecule has 1 amide bonds. The number of hydrogen-bond acceptors (Lipinski definition) is 2. The summed E-state index contributed by atoms with van der Waals surface area (Å²) in [7, 11) is 0. The Morgan fingerprint density at radius 2 is 2.05 bits per heavy atom. The SMILES string of the molecule is O=C(CNC1CC(c2cccc(F)c2)C1)N1CCCC1. The molecule has 2 aliphatic rings. The van der Waals surface area contributed by atoms with Crippen molar-refractivity contribution in [2.45, 2.75) is 37.6 Å². The van der Waals surface area contributed by atoms with Crippen molar-refractivity contribution in [1.29, 1.82) is 0 Å². The molecule has 1 aliphatic heterocycles. The van der Waals surface area contributed by atoms with Crippen LogP contribution in [0.3, 0.4) is 0 Å². The minimum Gasteiger partial charge on any atom is -0.342 e. The Morgan fingerprint density at radius 3 is 2.75 bits per heavy atom. The van der Waals surface area contributed by atoms with Crippen LogP contribution in [-0.4, -0.2) is 36.5 Å². The first-order valence-electron chi connectivity index (χ1n) is 7.49. The largest absolute Gasteiger partial charge is 0.342 e. The number of benzene rings is 1. The lowest BCUT2D eigenvalue weighted by molar-refractivity contribution is -0.129. The molecule has 0 bridgehead atoms. The van der Waals surface area contributed by atoms with Crippen molar-refractivity contribution in [3.63, 3.8) is 0 Å². The average molecular weight is 276 g/mol. The number of rotatable bonds is 4. The van der Waals surface area contributed by atoms with Gasteiger partial charge in [-0.05, 0) is 49.3 Å². The number of carbonyl (C=O) groups excluding carboxylic acids is 1. The fourth-order valence-electron chi connectivity index (χ4n) is 3.13. The molecule has 1 saturated heterocycles. The highest BCUT2D eigenvalue weighted by Crippen LogP contribution is 2.36. The fraction of sp³-hybridized carbons (Fsp3) is 0.562. The van der Waals surface area contributed by atoms with Gasteiger partial charge in [0.25, 0.3) is 0 Å². The van der Waals surface area contributed by atoms with E-state index in [1.165, 1.54) is 6.07 Å². The Morgan fingerprint density at radius 1 is 1.30 bits per heavy atom. The van der Waals surface area contributed by atoms with Gasteiger partial charge in [0, 0.05) is 19.1 Å². The minimum absolute atomic E-state index is 0.164. The number of amides is 1. The van der Waals surface area contributed by atoms with E-state index in [4.69, 9.17) is 0 Å². The standard InChI is InChI=1S/C16H21FN2O/c17-14-5-3-4-12(8-14)13-9-15(10-13)18-11-16(20)19-6-1-2-7-19/h3-5,8,13,15,18H,1-2,6-7,9-11H2. The zero-order valence-corrected chi connectivity index (χ0v) is 11.6. The van der Waals surface area contributed by atoms with Crippen molar-refractivity contribution in [2.75, 3.05) is 19.6 Å². The van der Waals surface area contributed by atoms with Crippen molar-refractivity contribution >= 4 is 5.91 Å². The molecule has 0 radical (unpaired) electrons. The van der Waals surface area contributed by atoms with E-state index in [2.05, 4.69) is 5.32 Å². The quantitative estimate of drug-likeness (QED) is 0.915. The summed E-state index contributed by atoms with van der Waals surface area (Å²) in [6.07, 6.45) is 4.26. The molecule has 1 aliphatic carbocycles. The van der Waals surface area contributed by atoms with E-state index in [1.807, 2.05) is 11.0 Å². The van der Waals surface area contributed by atoms with E-state index in [1.54, 1.807) is 12.1 Å². The number of hydrogen-bond donors (Lipinski definition) is 1. The van der Waals surface area contributed by atoms with Gasteiger partial charge in [0.1, 0.15) is 5.82 Å². The van der Waals surface area contributed by atoms with Crippen molar-refractivity contribution in [3.8, 4) is 0 Å². The molecule has 0 aromatic heterocycles. The molecule has 108 valence electrons. The molecule has 20 heavy (non-hydrogen) atoms. The van der Waals surface area contributed by atoms with Crippen molar-refractivity contribution in [2.24, 2.45) is 0 Å². The number of likely N-dealkylation sites (tertiary alicyclic amines) is 1. The molecule has 1 aromatic rings. The van der Waals surface area contributed by atoms with Crippen LogP contribution in [0.1, 0.15) is 37.2 Å². The molecule has 2 fully saturated rings. The third-order valence-electron chi connectivity index (χ3n) is 4.46. The van der Waals surface area contributed by atoms with E-state index in [9.17, 15) is 9.18 Å². The highest BCUT2D eigenvalue weighted by atomic mass is 19.1. The first kappa shape index (κ1) is 13.6. The molecule has 0 unspecified atom stereocenters. The lowest BCUT2D eigenvalue weighted by atomic mass is 9.76. The van der Waals surface area contributed by atoms with Crippen LogP contribution < -0.4 is 5.32 Å². The second kappa shape index (κ2) is 5.92. The van der Waals surface area contributed by atoms with Gasteiger partial charge >= 0.3 is 0 Å². The molecule has 1 saturated carbocycles. The van der Waals surface area contributed by atoms with Gasteiger partial charge in [-0.25, -0.2) is 4.39 Å². The molecular formula is C16H21FN2O. The third kappa shape index (κ3) is 3.01. The second-order valence-electron chi connectivity index (χ2n) is 5.89. The summed E-state index contributed by atoms with van der Waals surface area (Å²) in [5, 5.41) is 3.33. The van der Waals surface area contributed by atoms with Gasteiger partial charge in [-0.15, -0.1) is 0 Å². The summed E-state index contributed by atoms with van der Waals surface area (Å²) in [6.45, 7) is 2.27. The average Bonchev–Trinajstić information content (AvgIpc) is 2.90. The Hall–Kier alpha value is -1.42. The summed E-state index contributed by atoms with van der Waals surface area (Å²) < 4.78 is 13.1. The van der Waals surface area contributed by atoms with Gasteiger partial charge in [0.15, 0.2) is 0 Å². The minimum atomic E-state index is -0.164. The number of nitrogens with zero attached hydrogens (tertiary/aromatic N) is 1. The van der Waals surface area contributed by atoms with Gasteiger partial charge in [-0.2, -0.15) is 0 Å². The maximum absolute atomic E-state index is 13.1. The smallest absolute Gasteiger partial charge is 0.236 e. The molecular weight excluding hydrogens is 255 g/mol. The van der Waals surface area contributed by atoms with Gasteiger partial charge < -0.3 is 10.2 Å². The molecule has 1 aromatic carbocycles. The van der Waals surface area contributed by atoms with E-state index in [-0.39, 0.29) is 11.7 Å². The predicted molar refractivity (Wildman–Crippen MR) is 76.0 cm³/mol.